The molecule has 0 aromatic heterocycles. The predicted molar refractivity (Wildman–Crippen MR) is 200 cm³/mol. The van der Waals surface area contributed by atoms with E-state index in [1.165, 1.54) is 68.9 Å². The fraction of sp³-hybridized carbons (Fsp3) is 0.791. The second kappa shape index (κ2) is 14.1. The van der Waals surface area contributed by atoms with Gasteiger partial charge in [-0.25, -0.2) is 0 Å². The van der Waals surface area contributed by atoms with E-state index in [-0.39, 0.29) is 27.7 Å². The zero-order chi connectivity index (χ0) is 34.5. The zero-order valence-electron chi connectivity index (χ0n) is 31.6. The summed E-state index contributed by atoms with van der Waals surface area (Å²) in [6, 6.07) is 8.39. The van der Waals surface area contributed by atoms with Crippen LogP contribution in [0.5, 0.6) is 0 Å². The molecule has 0 spiro atoms. The number of ketones is 1. The summed E-state index contributed by atoms with van der Waals surface area (Å²) in [6.45, 7) is 14.4. The summed E-state index contributed by atoms with van der Waals surface area (Å²) in [5.41, 5.74) is 3.23. The molecule has 5 fully saturated rings. The molecule has 5 saturated carbocycles. The van der Waals surface area contributed by atoms with Crippen LogP contribution in [0.15, 0.2) is 35.4 Å². The van der Waals surface area contributed by atoms with Gasteiger partial charge in [0, 0.05) is 47.4 Å². The molecule has 0 heterocycles. The number of aliphatic hydroxyl groups excluding tert-OH is 1. The molecule has 6 atom stereocenters. The van der Waals surface area contributed by atoms with Gasteiger partial charge in [0.1, 0.15) is 0 Å². The number of Topliss-reactive ketones (excluding diaryl/α,β-unsaturated/α-hetero) is 1. The number of nitrogens with zero attached hydrogens (tertiary/aromatic N) is 2. The standard InChI is InChI=1S/C43H67ClN2O2/c1-30(2)37-36(47)27-41(24-23-40(4,5)31(3)38(37)41)42-21-12-15-34(33-13-10-8-9-11-14-33)20-22-43(29-42,39(42)48)46(26-25-45(6)7)28-32-16-18-35(44)19-17-32/h16-19,30-31,33-34,39,48H,8-15,20-29H2,1-7H3/t31-,34?,39?,41?,42+,43?/m1/s1. The predicted octanol–water partition coefficient (Wildman–Crippen LogP) is 10.1. The topological polar surface area (TPSA) is 43.8 Å². The molecule has 1 aromatic carbocycles. The summed E-state index contributed by atoms with van der Waals surface area (Å²) in [4.78, 5) is 19.3. The first-order chi connectivity index (χ1) is 22.8. The molecule has 0 aliphatic heterocycles. The summed E-state index contributed by atoms with van der Waals surface area (Å²) in [7, 11) is 4.34. The molecule has 7 rings (SSSR count). The lowest BCUT2D eigenvalue weighted by Gasteiger charge is -2.72. The zero-order valence-corrected chi connectivity index (χ0v) is 32.3. The second-order valence-corrected chi connectivity index (χ2v) is 18.9. The number of carbonyl (C=O) groups excluding carboxylic acids is 1. The third-order valence-corrected chi connectivity index (χ3v) is 15.3. The van der Waals surface area contributed by atoms with Crippen molar-refractivity contribution in [2.75, 3.05) is 27.2 Å². The van der Waals surface area contributed by atoms with Gasteiger partial charge in [0.15, 0.2) is 5.78 Å². The lowest BCUT2D eigenvalue weighted by molar-refractivity contribution is -0.257. The largest absolute Gasteiger partial charge is 0.391 e. The van der Waals surface area contributed by atoms with Crippen molar-refractivity contribution in [3.63, 3.8) is 0 Å². The number of halogens is 1. The molecule has 0 saturated heterocycles. The molecule has 4 unspecified atom stereocenters. The Hall–Kier alpha value is -1.20. The molecule has 4 nitrogen and oxygen atoms in total. The van der Waals surface area contributed by atoms with Crippen molar-refractivity contribution >= 4 is 17.4 Å². The maximum atomic E-state index is 14.3. The quantitative estimate of drug-likeness (QED) is 0.264. The number of aliphatic hydroxyl groups is 1. The summed E-state index contributed by atoms with van der Waals surface area (Å²) in [5.74, 6) is 2.51. The molecule has 48 heavy (non-hydrogen) atoms. The van der Waals surface area contributed by atoms with Crippen molar-refractivity contribution in [2.45, 2.75) is 149 Å². The summed E-state index contributed by atoms with van der Waals surface area (Å²) < 4.78 is 0. The SMILES string of the molecule is CC(C)C1=C2[C@@H](C)C(C)(C)CCC2([C@@]23CCCC(C4CCCCCC4)CCC(N(CCN(C)C)Cc4ccc(Cl)cc4)(C2)C3O)CC1=O. The van der Waals surface area contributed by atoms with E-state index in [1.807, 2.05) is 12.1 Å². The molecule has 1 N–H and O–H groups in total. The maximum absolute atomic E-state index is 14.3. The van der Waals surface area contributed by atoms with E-state index in [0.717, 1.165) is 74.2 Å². The molecule has 0 radical (unpaired) electrons. The highest BCUT2D eigenvalue weighted by molar-refractivity contribution is 6.30. The minimum Gasteiger partial charge on any atom is -0.391 e. The molecule has 268 valence electrons. The first-order valence-corrected chi connectivity index (χ1v) is 20.2. The van der Waals surface area contributed by atoms with E-state index in [2.05, 4.69) is 70.6 Å². The van der Waals surface area contributed by atoms with Crippen LogP contribution in [0.2, 0.25) is 5.02 Å². The van der Waals surface area contributed by atoms with Crippen LogP contribution in [0, 0.1) is 39.9 Å². The first-order valence-electron chi connectivity index (χ1n) is 19.9. The van der Waals surface area contributed by atoms with E-state index < -0.39 is 6.10 Å². The third-order valence-electron chi connectivity index (χ3n) is 15.0. The Morgan fingerprint density at radius 2 is 1.52 bits per heavy atom. The monoisotopic (exact) mass is 678 g/mol. The Morgan fingerprint density at radius 3 is 2.15 bits per heavy atom. The number of rotatable bonds is 9. The summed E-state index contributed by atoms with van der Waals surface area (Å²) >= 11 is 6.36. The molecule has 5 heteroatoms. The van der Waals surface area contributed by atoms with Crippen molar-refractivity contribution < 1.29 is 9.90 Å². The van der Waals surface area contributed by atoms with E-state index in [9.17, 15) is 9.90 Å². The first kappa shape index (κ1) is 36.6. The molecular weight excluding hydrogens is 612 g/mol. The average molecular weight is 679 g/mol. The van der Waals surface area contributed by atoms with E-state index in [4.69, 9.17) is 11.6 Å². The molecule has 1 aromatic rings. The number of hydrogen-bond acceptors (Lipinski definition) is 4. The van der Waals surface area contributed by atoms with E-state index >= 15 is 0 Å². The number of likely N-dealkylation sites (N-methyl/N-ethyl adjacent to an activating group) is 1. The fourth-order valence-electron chi connectivity index (χ4n) is 12.0. The third kappa shape index (κ3) is 6.30. The van der Waals surface area contributed by atoms with Gasteiger partial charge in [-0.1, -0.05) is 115 Å². The maximum Gasteiger partial charge on any atom is 0.160 e. The van der Waals surface area contributed by atoms with Gasteiger partial charge in [-0.15, -0.1) is 0 Å². The molecule has 0 amide bonds. The second-order valence-electron chi connectivity index (χ2n) is 18.5. The Labute approximate surface area is 298 Å². The van der Waals surface area contributed by atoms with Crippen molar-refractivity contribution in [1.82, 2.24) is 9.80 Å². The molecular formula is C43H67ClN2O2. The van der Waals surface area contributed by atoms with Crippen LogP contribution in [0.1, 0.15) is 136 Å². The highest BCUT2D eigenvalue weighted by Crippen LogP contribution is 2.75. The highest BCUT2D eigenvalue weighted by atomic mass is 35.5. The normalized spacial score (nSPS) is 36.1. The van der Waals surface area contributed by atoms with Crippen LogP contribution in [-0.4, -0.2) is 59.5 Å². The summed E-state index contributed by atoms with van der Waals surface area (Å²) in [6.07, 6.45) is 17.5. The van der Waals surface area contributed by atoms with Gasteiger partial charge in [-0.2, -0.15) is 0 Å². The lowest BCUT2D eigenvalue weighted by atomic mass is 9.37. The van der Waals surface area contributed by atoms with Crippen molar-refractivity contribution in [3.05, 3.63) is 46.0 Å². The van der Waals surface area contributed by atoms with Gasteiger partial charge in [0.2, 0.25) is 0 Å². The highest BCUT2D eigenvalue weighted by Gasteiger charge is 2.75. The van der Waals surface area contributed by atoms with Crippen molar-refractivity contribution in [3.8, 4) is 0 Å². The van der Waals surface area contributed by atoms with Crippen LogP contribution in [0.3, 0.4) is 0 Å². The van der Waals surface area contributed by atoms with Crippen LogP contribution >= 0.6 is 11.6 Å². The number of allylic oxidation sites excluding steroid dienone is 2. The number of carbonyl (C=O) groups is 1. The number of fused-ring (bicyclic) bond motifs is 6. The Morgan fingerprint density at radius 1 is 0.875 bits per heavy atom. The number of hydrogen-bond donors (Lipinski definition) is 1. The van der Waals surface area contributed by atoms with Crippen LogP contribution in [0.4, 0.5) is 0 Å². The Bertz CT molecular complexity index is 1330. The molecule has 6 aliphatic carbocycles. The van der Waals surface area contributed by atoms with Crippen molar-refractivity contribution in [2.24, 2.45) is 39.9 Å². The van der Waals surface area contributed by atoms with Crippen LogP contribution < -0.4 is 0 Å². The van der Waals surface area contributed by atoms with Gasteiger partial charge in [-0.3, -0.25) is 9.69 Å². The average Bonchev–Trinajstić information content (AvgIpc) is 3.19. The Balaban J connectivity index is 1.46. The van der Waals surface area contributed by atoms with E-state index in [0.29, 0.717) is 18.1 Å². The van der Waals surface area contributed by atoms with Gasteiger partial charge >= 0.3 is 0 Å². The van der Waals surface area contributed by atoms with Crippen LogP contribution in [0.25, 0.3) is 0 Å². The van der Waals surface area contributed by atoms with Crippen molar-refractivity contribution in [1.29, 1.82) is 0 Å². The van der Waals surface area contributed by atoms with Gasteiger partial charge in [-0.05, 0) is 105 Å². The van der Waals surface area contributed by atoms with E-state index in [1.54, 1.807) is 0 Å². The van der Waals surface area contributed by atoms with Gasteiger partial charge in [0.05, 0.1) is 6.10 Å². The Kier molecular flexibility index (Phi) is 10.7. The van der Waals surface area contributed by atoms with Gasteiger partial charge < -0.3 is 10.0 Å². The fourth-order valence-corrected chi connectivity index (χ4v) is 12.1. The van der Waals surface area contributed by atoms with Crippen LogP contribution in [-0.2, 0) is 11.3 Å². The lowest BCUT2D eigenvalue weighted by Crippen LogP contribution is -2.77. The minimum absolute atomic E-state index is 0.154. The molecule has 2 bridgehead atoms. The molecule has 6 aliphatic rings. The minimum atomic E-state index is -0.449. The summed E-state index contributed by atoms with van der Waals surface area (Å²) in [5, 5.41) is 14.1. The smallest absolute Gasteiger partial charge is 0.160 e. The number of benzene rings is 1. The van der Waals surface area contributed by atoms with Gasteiger partial charge in [0.25, 0.3) is 0 Å².